The average molecular weight is 203 g/mol. The monoisotopic (exact) mass is 203 g/mol. The van der Waals surface area contributed by atoms with Gasteiger partial charge in [0.05, 0.1) is 17.9 Å². The van der Waals surface area contributed by atoms with E-state index in [1.807, 2.05) is 18.2 Å². The van der Waals surface area contributed by atoms with E-state index in [1.165, 1.54) is 0 Å². The minimum absolute atomic E-state index is 0.451. The first-order valence-corrected chi connectivity index (χ1v) is 5.36. The van der Waals surface area contributed by atoms with E-state index in [0.717, 1.165) is 30.3 Å². The Morgan fingerprint density at radius 3 is 2.73 bits per heavy atom. The summed E-state index contributed by atoms with van der Waals surface area (Å²) in [5, 5.41) is 0. The molecule has 0 atom stereocenters. The van der Waals surface area contributed by atoms with Gasteiger partial charge in [-0.05, 0) is 12.1 Å². The van der Waals surface area contributed by atoms with Crippen molar-refractivity contribution in [2.75, 3.05) is 23.7 Å². The average Bonchev–Trinajstić information content (AvgIpc) is 2.67. The van der Waals surface area contributed by atoms with Gasteiger partial charge in [0, 0.05) is 12.5 Å². The number of nitrogens with zero attached hydrogens (tertiary/aromatic N) is 2. The van der Waals surface area contributed by atoms with Crippen LogP contribution in [-0.2, 0) is 0 Å². The zero-order valence-corrected chi connectivity index (χ0v) is 9.27. The van der Waals surface area contributed by atoms with E-state index in [9.17, 15) is 0 Å². The number of hydrogen-bond donors (Lipinski definition) is 1. The largest absolute Gasteiger partial charge is 0.397 e. The van der Waals surface area contributed by atoms with Crippen molar-refractivity contribution >= 4 is 17.2 Å². The Kier molecular flexibility index (Phi) is 2.62. The van der Waals surface area contributed by atoms with Crippen LogP contribution in [0, 0.1) is 5.92 Å². The minimum atomic E-state index is 0.451. The molecule has 0 saturated heterocycles. The molecule has 0 radical (unpaired) electrons. The second-order valence-electron chi connectivity index (χ2n) is 4.11. The Labute approximate surface area is 90.6 Å². The van der Waals surface area contributed by atoms with Crippen molar-refractivity contribution in [1.29, 1.82) is 0 Å². The second-order valence-corrected chi connectivity index (χ2v) is 4.11. The van der Waals surface area contributed by atoms with Crippen LogP contribution in [0.15, 0.2) is 29.3 Å². The van der Waals surface area contributed by atoms with E-state index in [4.69, 9.17) is 5.73 Å². The van der Waals surface area contributed by atoms with Gasteiger partial charge in [-0.25, -0.2) is 0 Å². The molecule has 80 valence electrons. The van der Waals surface area contributed by atoms with Crippen molar-refractivity contribution < 1.29 is 0 Å². The Balaban J connectivity index is 2.33. The number of benzene rings is 1. The molecule has 3 heteroatoms. The van der Waals surface area contributed by atoms with Crippen molar-refractivity contribution in [2.45, 2.75) is 13.8 Å². The van der Waals surface area contributed by atoms with Crippen LogP contribution in [0.4, 0.5) is 11.4 Å². The van der Waals surface area contributed by atoms with E-state index < -0.39 is 0 Å². The standard InChI is InChI=1S/C12H17N3/c1-9(2)12-14-7-8-15(12)11-6-4-3-5-10(11)13/h3-6,9H,7-8,13H2,1-2H3. The molecule has 15 heavy (non-hydrogen) atoms. The van der Waals surface area contributed by atoms with E-state index >= 15 is 0 Å². The van der Waals surface area contributed by atoms with Crippen LogP contribution in [0.3, 0.4) is 0 Å². The molecule has 0 amide bonds. The highest BCUT2D eigenvalue weighted by atomic mass is 15.2. The van der Waals surface area contributed by atoms with Crippen LogP contribution >= 0.6 is 0 Å². The molecule has 1 aromatic carbocycles. The van der Waals surface area contributed by atoms with Crippen molar-refractivity contribution in [3.05, 3.63) is 24.3 Å². The van der Waals surface area contributed by atoms with E-state index in [2.05, 4.69) is 29.8 Å². The molecule has 1 aromatic rings. The van der Waals surface area contributed by atoms with Crippen molar-refractivity contribution in [2.24, 2.45) is 10.9 Å². The van der Waals surface area contributed by atoms with Crippen molar-refractivity contribution in [1.82, 2.24) is 0 Å². The third-order valence-corrected chi connectivity index (χ3v) is 2.62. The number of hydrogen-bond acceptors (Lipinski definition) is 3. The smallest absolute Gasteiger partial charge is 0.106 e. The van der Waals surface area contributed by atoms with Crippen molar-refractivity contribution in [3.63, 3.8) is 0 Å². The fourth-order valence-corrected chi connectivity index (χ4v) is 1.94. The van der Waals surface area contributed by atoms with Gasteiger partial charge in [-0.2, -0.15) is 0 Å². The molecule has 0 spiro atoms. The predicted octanol–water partition coefficient (Wildman–Crippen LogP) is 2.14. The van der Waals surface area contributed by atoms with Gasteiger partial charge in [-0.15, -0.1) is 0 Å². The predicted molar refractivity (Wildman–Crippen MR) is 65.3 cm³/mol. The van der Waals surface area contributed by atoms with Gasteiger partial charge in [0.1, 0.15) is 5.84 Å². The maximum atomic E-state index is 5.97. The molecule has 0 saturated carbocycles. The van der Waals surface area contributed by atoms with Crippen molar-refractivity contribution in [3.8, 4) is 0 Å². The highest BCUT2D eigenvalue weighted by Gasteiger charge is 2.22. The van der Waals surface area contributed by atoms with E-state index in [0.29, 0.717) is 5.92 Å². The number of rotatable bonds is 2. The normalized spacial score (nSPS) is 15.9. The Morgan fingerprint density at radius 2 is 2.07 bits per heavy atom. The van der Waals surface area contributed by atoms with E-state index in [-0.39, 0.29) is 0 Å². The van der Waals surface area contributed by atoms with Crippen LogP contribution in [0.1, 0.15) is 13.8 Å². The summed E-state index contributed by atoms with van der Waals surface area (Å²) in [6, 6.07) is 7.97. The number of anilines is 2. The van der Waals surface area contributed by atoms with Crippen LogP contribution in [0.2, 0.25) is 0 Å². The zero-order valence-electron chi connectivity index (χ0n) is 9.27. The fraction of sp³-hybridized carbons (Fsp3) is 0.417. The number of para-hydroxylation sites is 2. The molecule has 2 rings (SSSR count). The van der Waals surface area contributed by atoms with Gasteiger partial charge in [0.25, 0.3) is 0 Å². The molecule has 1 aliphatic rings. The zero-order chi connectivity index (χ0) is 10.8. The maximum absolute atomic E-state index is 5.97. The summed E-state index contributed by atoms with van der Waals surface area (Å²) in [7, 11) is 0. The summed E-state index contributed by atoms with van der Waals surface area (Å²) in [4.78, 5) is 6.74. The van der Waals surface area contributed by atoms with Gasteiger partial charge >= 0.3 is 0 Å². The first-order chi connectivity index (χ1) is 7.20. The topological polar surface area (TPSA) is 41.6 Å². The Hall–Kier alpha value is -1.51. The van der Waals surface area contributed by atoms with Crippen LogP contribution in [0.5, 0.6) is 0 Å². The fourth-order valence-electron chi connectivity index (χ4n) is 1.94. The lowest BCUT2D eigenvalue weighted by Gasteiger charge is -2.24. The summed E-state index contributed by atoms with van der Waals surface area (Å²) in [6.07, 6.45) is 0. The molecule has 0 fully saturated rings. The quantitative estimate of drug-likeness (QED) is 0.748. The highest BCUT2D eigenvalue weighted by Crippen LogP contribution is 2.26. The summed E-state index contributed by atoms with van der Waals surface area (Å²) in [6.45, 7) is 6.15. The van der Waals surface area contributed by atoms with Gasteiger partial charge in [0.15, 0.2) is 0 Å². The third kappa shape index (κ3) is 1.82. The summed E-state index contributed by atoms with van der Waals surface area (Å²) in [5.41, 5.74) is 7.88. The Bertz CT molecular complexity index is 382. The Morgan fingerprint density at radius 1 is 1.33 bits per heavy atom. The van der Waals surface area contributed by atoms with Gasteiger partial charge < -0.3 is 10.6 Å². The molecule has 3 nitrogen and oxygen atoms in total. The van der Waals surface area contributed by atoms with Crippen LogP contribution in [0.25, 0.3) is 0 Å². The van der Waals surface area contributed by atoms with Crippen LogP contribution < -0.4 is 10.6 Å². The van der Waals surface area contributed by atoms with Gasteiger partial charge in [-0.3, -0.25) is 4.99 Å². The SMILES string of the molecule is CC(C)C1=NCCN1c1ccccc1N. The minimum Gasteiger partial charge on any atom is -0.397 e. The highest BCUT2D eigenvalue weighted by molar-refractivity contribution is 6.02. The summed E-state index contributed by atoms with van der Waals surface area (Å²) < 4.78 is 0. The number of aliphatic imine (C=N–C) groups is 1. The number of amidine groups is 1. The van der Waals surface area contributed by atoms with E-state index in [1.54, 1.807) is 0 Å². The third-order valence-electron chi connectivity index (χ3n) is 2.62. The number of nitrogens with two attached hydrogens (primary N) is 1. The molecule has 1 heterocycles. The summed E-state index contributed by atoms with van der Waals surface area (Å²) in [5.74, 6) is 1.60. The molecule has 0 aliphatic carbocycles. The first kappa shape index (κ1) is 10.0. The van der Waals surface area contributed by atoms with Crippen LogP contribution in [-0.4, -0.2) is 18.9 Å². The van der Waals surface area contributed by atoms with Gasteiger partial charge in [-0.1, -0.05) is 26.0 Å². The van der Waals surface area contributed by atoms with Gasteiger partial charge in [0.2, 0.25) is 0 Å². The lowest BCUT2D eigenvalue weighted by molar-refractivity contribution is 0.864. The lowest BCUT2D eigenvalue weighted by Crippen LogP contribution is -2.31. The molecular formula is C12H17N3. The molecule has 0 unspecified atom stereocenters. The molecule has 2 N–H and O–H groups in total. The molecule has 1 aliphatic heterocycles. The first-order valence-electron chi connectivity index (χ1n) is 5.36. The molecule has 0 aromatic heterocycles. The second kappa shape index (κ2) is 3.93. The maximum Gasteiger partial charge on any atom is 0.106 e. The molecular weight excluding hydrogens is 186 g/mol. The summed E-state index contributed by atoms with van der Waals surface area (Å²) >= 11 is 0. The molecule has 0 bridgehead atoms. The number of nitrogen functional groups attached to an aromatic ring is 1. The lowest BCUT2D eigenvalue weighted by atomic mass is 10.1.